The third-order valence-corrected chi connectivity index (χ3v) is 4.56. The predicted octanol–water partition coefficient (Wildman–Crippen LogP) is 2.12. The number of carbonyl (C=O) groups excluding carboxylic acids is 1. The van der Waals surface area contributed by atoms with E-state index in [2.05, 4.69) is 20.6 Å². The van der Waals surface area contributed by atoms with E-state index >= 15 is 0 Å². The Morgan fingerprint density at radius 1 is 1.30 bits per heavy atom. The fourth-order valence-corrected chi connectivity index (χ4v) is 3.17. The molecule has 6 nitrogen and oxygen atoms in total. The molecule has 1 amide bonds. The van der Waals surface area contributed by atoms with Crippen molar-refractivity contribution in [1.82, 2.24) is 15.3 Å². The summed E-state index contributed by atoms with van der Waals surface area (Å²) in [7, 11) is 0. The van der Waals surface area contributed by atoms with Gasteiger partial charge >= 0.3 is 6.18 Å². The zero-order valence-electron chi connectivity index (χ0n) is 14.5. The number of aromatic nitrogens is 2. The molecule has 0 radical (unpaired) electrons. The van der Waals surface area contributed by atoms with E-state index < -0.39 is 24.0 Å². The maximum absolute atomic E-state index is 13.3. The number of piperidine rings is 1. The van der Waals surface area contributed by atoms with E-state index in [1.807, 2.05) is 12.1 Å². The Kier molecular flexibility index (Phi) is 5.59. The van der Waals surface area contributed by atoms with Gasteiger partial charge in [0, 0.05) is 42.8 Å². The van der Waals surface area contributed by atoms with Crippen molar-refractivity contribution in [2.45, 2.75) is 25.1 Å². The summed E-state index contributed by atoms with van der Waals surface area (Å²) in [5.41, 5.74) is 7.06. The molecule has 2 aromatic rings. The van der Waals surface area contributed by atoms with Crippen molar-refractivity contribution in [3.63, 3.8) is 0 Å². The highest BCUT2D eigenvalue weighted by Gasteiger charge is 2.45. The zero-order chi connectivity index (χ0) is 19.4. The number of amides is 1. The molecule has 2 atom stereocenters. The number of nitrogens with one attached hydrogen (secondary N) is 2. The summed E-state index contributed by atoms with van der Waals surface area (Å²) in [6.07, 6.45) is -0.729. The van der Waals surface area contributed by atoms with E-state index in [0.717, 1.165) is 5.69 Å². The Balaban J connectivity index is 1.87. The van der Waals surface area contributed by atoms with Crippen molar-refractivity contribution in [3.05, 3.63) is 53.6 Å². The summed E-state index contributed by atoms with van der Waals surface area (Å²) in [4.78, 5) is 20.1. The predicted molar refractivity (Wildman–Crippen MR) is 94.2 cm³/mol. The number of nitrogens with zero attached hydrogens (tertiary/aromatic N) is 2. The second kappa shape index (κ2) is 7.91. The standard InChI is InChI=1S/C18H20F3N5O/c19-18(20,21)14-10-23-6-4-15(14)26-16-8-12(25-9-13(16)17(22)27)7-11-3-1-2-5-24-11/h1-3,5,8-9,14-15,23H,4,6-7,10H2,(H2,22,27)(H,25,26)/t14-,15+/m0/s1. The summed E-state index contributed by atoms with van der Waals surface area (Å²) in [5.74, 6) is -2.30. The second-order valence-electron chi connectivity index (χ2n) is 6.48. The van der Waals surface area contributed by atoms with Gasteiger partial charge in [-0.05, 0) is 31.2 Å². The van der Waals surface area contributed by atoms with E-state index in [4.69, 9.17) is 5.73 Å². The van der Waals surface area contributed by atoms with Gasteiger partial charge in [-0.2, -0.15) is 13.2 Å². The Hall–Kier alpha value is -2.68. The van der Waals surface area contributed by atoms with Crippen LogP contribution >= 0.6 is 0 Å². The van der Waals surface area contributed by atoms with E-state index in [9.17, 15) is 18.0 Å². The van der Waals surface area contributed by atoms with Crippen LogP contribution in [0.15, 0.2) is 36.7 Å². The van der Waals surface area contributed by atoms with Crippen molar-refractivity contribution < 1.29 is 18.0 Å². The first-order chi connectivity index (χ1) is 12.8. The first kappa shape index (κ1) is 19.1. The van der Waals surface area contributed by atoms with Crippen LogP contribution in [0.2, 0.25) is 0 Å². The highest BCUT2D eigenvalue weighted by molar-refractivity contribution is 5.98. The number of hydrogen-bond acceptors (Lipinski definition) is 5. The summed E-state index contributed by atoms with van der Waals surface area (Å²) >= 11 is 0. The van der Waals surface area contributed by atoms with Gasteiger partial charge in [0.05, 0.1) is 17.2 Å². The van der Waals surface area contributed by atoms with Crippen molar-refractivity contribution >= 4 is 11.6 Å². The molecule has 0 saturated carbocycles. The van der Waals surface area contributed by atoms with Crippen molar-refractivity contribution in [1.29, 1.82) is 0 Å². The van der Waals surface area contributed by atoms with Gasteiger partial charge < -0.3 is 16.4 Å². The molecule has 144 valence electrons. The highest BCUT2D eigenvalue weighted by Crippen LogP contribution is 2.33. The molecule has 1 saturated heterocycles. The van der Waals surface area contributed by atoms with Crippen LogP contribution < -0.4 is 16.4 Å². The van der Waals surface area contributed by atoms with Gasteiger partial charge in [-0.1, -0.05) is 6.07 Å². The lowest BCUT2D eigenvalue weighted by Gasteiger charge is -2.35. The van der Waals surface area contributed by atoms with E-state index in [0.29, 0.717) is 18.7 Å². The average Bonchev–Trinajstić information content (AvgIpc) is 2.62. The van der Waals surface area contributed by atoms with Crippen LogP contribution in [0, 0.1) is 5.92 Å². The number of rotatable bonds is 5. The van der Waals surface area contributed by atoms with Gasteiger partial charge in [0.15, 0.2) is 0 Å². The Morgan fingerprint density at radius 3 is 2.78 bits per heavy atom. The quantitative estimate of drug-likeness (QED) is 0.740. The number of carbonyl (C=O) groups is 1. The maximum Gasteiger partial charge on any atom is 0.394 e. The third kappa shape index (κ3) is 4.73. The number of alkyl halides is 3. The van der Waals surface area contributed by atoms with Crippen LogP contribution in [0.4, 0.5) is 18.9 Å². The minimum absolute atomic E-state index is 0.0687. The molecule has 27 heavy (non-hydrogen) atoms. The lowest BCUT2D eigenvalue weighted by Crippen LogP contribution is -2.50. The smallest absolute Gasteiger partial charge is 0.381 e. The third-order valence-electron chi connectivity index (χ3n) is 4.56. The van der Waals surface area contributed by atoms with Crippen LogP contribution in [-0.4, -0.2) is 41.2 Å². The molecule has 0 bridgehead atoms. The summed E-state index contributed by atoms with van der Waals surface area (Å²) < 4.78 is 40.0. The van der Waals surface area contributed by atoms with Gasteiger partial charge in [0.2, 0.25) is 0 Å². The van der Waals surface area contributed by atoms with Crippen LogP contribution in [0.5, 0.6) is 0 Å². The number of pyridine rings is 2. The van der Waals surface area contributed by atoms with E-state index in [1.165, 1.54) is 6.20 Å². The molecule has 1 aliphatic rings. The zero-order valence-corrected chi connectivity index (χ0v) is 14.5. The van der Waals surface area contributed by atoms with Crippen LogP contribution in [0.25, 0.3) is 0 Å². The Labute approximate surface area is 154 Å². The largest absolute Gasteiger partial charge is 0.394 e. The van der Waals surface area contributed by atoms with Crippen LogP contribution in [0.3, 0.4) is 0 Å². The molecule has 0 unspecified atom stereocenters. The van der Waals surface area contributed by atoms with Crippen molar-refractivity contribution in [2.24, 2.45) is 11.7 Å². The molecular weight excluding hydrogens is 359 g/mol. The molecule has 4 N–H and O–H groups in total. The molecule has 9 heteroatoms. The molecule has 1 aliphatic heterocycles. The first-order valence-corrected chi connectivity index (χ1v) is 8.57. The minimum Gasteiger partial charge on any atom is -0.381 e. The number of anilines is 1. The number of primary amides is 1. The van der Waals surface area contributed by atoms with Crippen LogP contribution in [-0.2, 0) is 6.42 Å². The summed E-state index contributed by atoms with van der Waals surface area (Å²) in [6.45, 7) is 0.293. The monoisotopic (exact) mass is 379 g/mol. The number of halogens is 3. The SMILES string of the molecule is NC(=O)c1cnc(Cc2ccccn2)cc1N[C@@H]1CCNC[C@@H]1C(F)(F)F. The molecule has 3 rings (SSSR count). The number of hydrogen-bond donors (Lipinski definition) is 3. The van der Waals surface area contributed by atoms with Gasteiger partial charge in [0.1, 0.15) is 0 Å². The average molecular weight is 379 g/mol. The first-order valence-electron chi connectivity index (χ1n) is 8.57. The molecule has 0 aromatic carbocycles. The normalized spacial score (nSPS) is 20.3. The van der Waals surface area contributed by atoms with E-state index in [-0.39, 0.29) is 24.2 Å². The Bertz CT molecular complexity index is 797. The van der Waals surface area contributed by atoms with Gasteiger partial charge in [-0.3, -0.25) is 14.8 Å². The topological polar surface area (TPSA) is 92.9 Å². The summed E-state index contributed by atoms with van der Waals surface area (Å²) in [5, 5.41) is 5.66. The lowest BCUT2D eigenvalue weighted by molar-refractivity contribution is -0.180. The van der Waals surface area contributed by atoms with E-state index in [1.54, 1.807) is 18.3 Å². The fraction of sp³-hybridized carbons (Fsp3) is 0.389. The van der Waals surface area contributed by atoms with Crippen molar-refractivity contribution in [2.75, 3.05) is 18.4 Å². The lowest BCUT2D eigenvalue weighted by atomic mass is 9.92. The number of nitrogens with two attached hydrogens (primary N) is 1. The van der Waals surface area contributed by atoms with Crippen LogP contribution in [0.1, 0.15) is 28.2 Å². The molecular formula is C18H20F3N5O. The summed E-state index contributed by atoms with van der Waals surface area (Å²) in [6, 6.07) is 6.17. The molecule has 0 aliphatic carbocycles. The Morgan fingerprint density at radius 2 is 2.11 bits per heavy atom. The second-order valence-corrected chi connectivity index (χ2v) is 6.48. The molecule has 0 spiro atoms. The minimum atomic E-state index is -4.35. The maximum atomic E-state index is 13.3. The van der Waals surface area contributed by atoms with Gasteiger partial charge in [-0.15, -0.1) is 0 Å². The molecule has 3 heterocycles. The highest BCUT2D eigenvalue weighted by atomic mass is 19.4. The fourth-order valence-electron chi connectivity index (χ4n) is 3.17. The van der Waals surface area contributed by atoms with Crippen molar-refractivity contribution in [3.8, 4) is 0 Å². The molecule has 1 fully saturated rings. The van der Waals surface area contributed by atoms with Gasteiger partial charge in [0.25, 0.3) is 5.91 Å². The van der Waals surface area contributed by atoms with Gasteiger partial charge in [-0.25, -0.2) is 0 Å². The molecule has 2 aromatic heterocycles.